The number of benzene rings is 4. The molecule has 0 aromatic heterocycles. The molecule has 0 aliphatic carbocycles. The molecule has 12 N–H and O–H groups in total. The minimum absolute atomic E-state index is 0. The van der Waals surface area contributed by atoms with Crippen molar-refractivity contribution in [2.45, 2.75) is 50.6 Å². The third kappa shape index (κ3) is 15.8. The number of carbonyl (C=O) groups excluding carboxylic acids is 4. The lowest BCUT2D eigenvalue weighted by molar-refractivity contribution is -0.149. The molecule has 2 aliphatic heterocycles. The van der Waals surface area contributed by atoms with Crippen LogP contribution in [0.1, 0.15) is 78.2 Å². The van der Waals surface area contributed by atoms with Crippen LogP contribution in [0, 0.1) is 0 Å². The van der Waals surface area contributed by atoms with E-state index in [1.54, 1.807) is 12.1 Å². The molecular formula is C50H55ClN8O18. The molecule has 6 rings (SSSR count). The van der Waals surface area contributed by atoms with E-state index < -0.39 is 85.6 Å². The summed E-state index contributed by atoms with van der Waals surface area (Å²) in [6.45, 7) is -2.20. The molecule has 2 amide bonds. The normalized spacial score (nSPS) is 13.6. The van der Waals surface area contributed by atoms with Gasteiger partial charge in [0.2, 0.25) is 0 Å². The predicted molar refractivity (Wildman–Crippen MR) is 273 cm³/mol. The van der Waals surface area contributed by atoms with Crippen LogP contribution < -0.4 is 41.9 Å². The summed E-state index contributed by atoms with van der Waals surface area (Å²) in [7, 11) is 0. The van der Waals surface area contributed by atoms with E-state index in [1.807, 2.05) is 0 Å². The van der Waals surface area contributed by atoms with Gasteiger partial charge in [-0.1, -0.05) is 12.1 Å². The number of carboxylic acid groups (broad SMARTS) is 4. The maximum absolute atomic E-state index is 14.3. The van der Waals surface area contributed by atoms with E-state index in [4.69, 9.17) is 51.4 Å². The topological polar surface area (TPSA) is 408 Å². The second-order valence-electron chi connectivity index (χ2n) is 16.8. The highest BCUT2D eigenvalue weighted by molar-refractivity contribution is 6.02. The van der Waals surface area contributed by atoms with Crippen molar-refractivity contribution in [1.82, 2.24) is 9.80 Å². The van der Waals surface area contributed by atoms with Crippen LogP contribution in [-0.2, 0) is 41.5 Å². The predicted octanol–water partition coefficient (Wildman–Crippen LogP) is 2.48. The molecule has 410 valence electrons. The van der Waals surface area contributed by atoms with E-state index >= 15 is 0 Å². The third-order valence-corrected chi connectivity index (χ3v) is 11.5. The Hall–Kier alpha value is -9.01. The quantitative estimate of drug-likeness (QED) is 0.0195. The summed E-state index contributed by atoms with van der Waals surface area (Å²) < 4.78 is 34.6. The van der Waals surface area contributed by atoms with Crippen molar-refractivity contribution < 1.29 is 87.2 Å². The first-order valence-electron chi connectivity index (χ1n) is 23.4. The smallest absolute Gasteiger partial charge is 0.343 e. The minimum atomic E-state index is -1.91. The van der Waals surface area contributed by atoms with Crippen LogP contribution in [0.2, 0.25) is 0 Å². The lowest BCUT2D eigenvalue weighted by atomic mass is 10.0. The highest BCUT2D eigenvalue weighted by Crippen LogP contribution is 2.37. The van der Waals surface area contributed by atoms with Crippen LogP contribution in [-0.4, -0.2) is 155 Å². The van der Waals surface area contributed by atoms with E-state index in [0.717, 1.165) is 9.80 Å². The van der Waals surface area contributed by atoms with Crippen LogP contribution in [0.25, 0.3) is 0 Å². The Kier molecular flexibility index (Phi) is 21.0. The Morgan fingerprint density at radius 1 is 0.571 bits per heavy atom. The summed E-state index contributed by atoms with van der Waals surface area (Å²) in [6.07, 6.45) is -0.772. The Balaban J connectivity index is 0.0000109. The lowest BCUT2D eigenvalue weighted by Gasteiger charge is -2.29. The number of guanidine groups is 2. The molecular weight excluding hydrogens is 1040 g/mol. The Bertz CT molecular complexity index is 2750. The molecule has 0 radical (unpaired) electrons. The van der Waals surface area contributed by atoms with Crippen molar-refractivity contribution in [3.05, 3.63) is 106 Å². The maximum Gasteiger partial charge on any atom is 0.343 e. The van der Waals surface area contributed by atoms with Gasteiger partial charge in [-0.3, -0.25) is 19.2 Å². The first-order chi connectivity index (χ1) is 36.3. The second-order valence-corrected chi connectivity index (χ2v) is 16.8. The number of nitrogens with two attached hydrogens (primary N) is 4. The van der Waals surface area contributed by atoms with Gasteiger partial charge < -0.3 is 81.6 Å². The monoisotopic (exact) mass is 1090 g/mol. The molecule has 0 unspecified atom stereocenters. The van der Waals surface area contributed by atoms with Gasteiger partial charge in [-0.2, -0.15) is 0 Å². The van der Waals surface area contributed by atoms with Crippen LogP contribution in [0.3, 0.4) is 0 Å². The second kappa shape index (κ2) is 27.5. The largest absolute Gasteiger partial charge is 0.489 e. The van der Waals surface area contributed by atoms with Crippen molar-refractivity contribution in [2.75, 3.05) is 52.7 Å². The molecule has 77 heavy (non-hydrogen) atoms. The fourth-order valence-electron chi connectivity index (χ4n) is 8.17. The van der Waals surface area contributed by atoms with Gasteiger partial charge in [-0.15, -0.1) is 12.4 Å². The highest BCUT2D eigenvalue weighted by atomic mass is 35.5. The number of para-hydroxylation sites is 2. The number of hydrogen-bond donors (Lipinski definition) is 8. The number of hydrogen-bond acceptors (Lipinski definition) is 16. The fourth-order valence-corrected chi connectivity index (χ4v) is 8.17. The van der Waals surface area contributed by atoms with Gasteiger partial charge in [0, 0.05) is 13.1 Å². The summed E-state index contributed by atoms with van der Waals surface area (Å²) in [6, 6.07) is 13.4. The van der Waals surface area contributed by atoms with Crippen molar-refractivity contribution in [1.29, 1.82) is 0 Å². The SMILES string of the molecule is Cl.NC(N)=Nc1ccc2c(c1)CCCOc1c(cccc1C(=O)N(CCOCCOCCN(C(=O)c1cccc3c1OCCCc1cc(N=C(N)N)ccc1C(=O)O3)[C@@H](CC(=O)O)C(=O)O)[C@@H](CC(=O)O)C(=O)O)OC2=O. The number of carbonyl (C=O) groups is 8. The minimum Gasteiger partial charge on any atom is -0.489 e. The summed E-state index contributed by atoms with van der Waals surface area (Å²) in [5, 5.41) is 39.6. The first kappa shape index (κ1) is 58.9. The van der Waals surface area contributed by atoms with Gasteiger partial charge in [-0.25, -0.2) is 29.2 Å². The summed E-state index contributed by atoms with van der Waals surface area (Å²) in [5.41, 5.74) is 23.8. The molecule has 0 saturated carbocycles. The number of carboxylic acids is 4. The zero-order valence-corrected chi connectivity index (χ0v) is 41.8. The van der Waals surface area contributed by atoms with E-state index in [9.17, 15) is 58.8 Å². The number of fused-ring (bicyclic) bond motifs is 4. The number of aliphatic carboxylic acids is 4. The zero-order valence-electron chi connectivity index (χ0n) is 41.0. The summed E-state index contributed by atoms with van der Waals surface area (Å²) >= 11 is 0. The van der Waals surface area contributed by atoms with Gasteiger partial charge >= 0.3 is 35.8 Å². The Labute approximate surface area is 444 Å². The van der Waals surface area contributed by atoms with Crippen LogP contribution >= 0.6 is 12.4 Å². The standard InChI is InChI=1S/C50H54N8O18.ClH/c51-49(52)55-29-11-13-31-27(23-29)5-3-17-73-41-33(7-1-9-37(41)75-47(31)69)43(63)57(35(45(65)66)25-39(59)60)15-19-71-21-22-72-20-16-58(36(46(67)68)26-40(61)62)44(64)34-8-2-10-38-42(34)74-18-4-6-28-24-30(56-50(53)54)12-14-32(28)48(70)76-38;/h1-2,7-14,23-24,35-36H,3-6,15-22,25-26H2,(H,59,60)(H,61,62)(H,65,66)(H,67,68)(H4,51,52,55)(H4,53,54,56);1H/t35-,36-;/m0./s1. The Morgan fingerprint density at radius 2 is 0.961 bits per heavy atom. The van der Waals surface area contributed by atoms with Crippen molar-refractivity contribution in [2.24, 2.45) is 32.9 Å². The summed E-state index contributed by atoms with van der Waals surface area (Å²) in [4.78, 5) is 114. The molecule has 2 heterocycles. The molecule has 4 aromatic carbocycles. The van der Waals surface area contributed by atoms with Gasteiger partial charge in [0.15, 0.2) is 34.9 Å². The first-order valence-corrected chi connectivity index (χ1v) is 23.4. The van der Waals surface area contributed by atoms with E-state index in [1.165, 1.54) is 60.7 Å². The lowest BCUT2D eigenvalue weighted by Crippen LogP contribution is -2.48. The zero-order chi connectivity index (χ0) is 55.1. The van der Waals surface area contributed by atoms with Gasteiger partial charge in [0.05, 0.1) is 86.1 Å². The number of amides is 2. The van der Waals surface area contributed by atoms with Crippen molar-refractivity contribution in [3.8, 4) is 23.0 Å². The number of nitrogens with zero attached hydrogens (tertiary/aromatic N) is 4. The van der Waals surface area contributed by atoms with Crippen molar-refractivity contribution in [3.63, 3.8) is 0 Å². The number of rotatable bonds is 21. The molecule has 0 saturated heterocycles. The molecule has 27 heteroatoms. The molecule has 2 atom stereocenters. The van der Waals surface area contributed by atoms with Crippen molar-refractivity contribution >= 4 is 83.3 Å². The summed E-state index contributed by atoms with van der Waals surface area (Å²) in [5.74, 6) is -11.1. The number of ether oxygens (including phenoxy) is 6. The van der Waals surface area contributed by atoms with E-state index in [-0.39, 0.29) is 109 Å². The number of esters is 2. The molecule has 0 bridgehead atoms. The number of aliphatic imine (C=N–C) groups is 2. The molecule has 4 aromatic rings. The van der Waals surface area contributed by atoms with Crippen LogP contribution in [0.5, 0.6) is 23.0 Å². The van der Waals surface area contributed by atoms with Gasteiger partial charge in [0.1, 0.15) is 12.1 Å². The molecule has 0 fully saturated rings. The maximum atomic E-state index is 14.3. The Morgan fingerprint density at radius 3 is 1.31 bits per heavy atom. The highest BCUT2D eigenvalue weighted by Gasteiger charge is 2.37. The molecule has 26 nitrogen and oxygen atoms in total. The average Bonchev–Trinajstić information content (AvgIpc) is 3.36. The van der Waals surface area contributed by atoms with Crippen LogP contribution in [0.15, 0.2) is 82.8 Å². The number of halogens is 1. The van der Waals surface area contributed by atoms with Gasteiger partial charge in [0.25, 0.3) is 11.8 Å². The van der Waals surface area contributed by atoms with Crippen LogP contribution in [0.4, 0.5) is 11.4 Å². The third-order valence-electron chi connectivity index (χ3n) is 11.5. The number of aryl methyl sites for hydroxylation is 2. The van der Waals surface area contributed by atoms with E-state index in [2.05, 4.69) is 9.98 Å². The van der Waals surface area contributed by atoms with Gasteiger partial charge in [-0.05, 0) is 97.5 Å². The van der Waals surface area contributed by atoms with E-state index in [0.29, 0.717) is 48.2 Å². The molecule has 0 spiro atoms. The molecule has 2 aliphatic rings. The average molecular weight is 1090 g/mol. The fraction of sp³-hybridized carbons (Fsp3) is 0.320.